The van der Waals surface area contributed by atoms with Gasteiger partial charge in [0, 0.05) is 26.2 Å². The van der Waals surface area contributed by atoms with Gasteiger partial charge >= 0.3 is 6.18 Å². The molecule has 0 saturated carbocycles. The van der Waals surface area contributed by atoms with Crippen LogP contribution in [0.15, 0.2) is 46.8 Å². The quantitative estimate of drug-likeness (QED) is 0.501. The smallest absolute Gasteiger partial charge is 0.352 e. The van der Waals surface area contributed by atoms with Crippen molar-refractivity contribution < 1.29 is 22.4 Å². The first kappa shape index (κ1) is 24.9. The molecule has 1 saturated heterocycles. The number of carbonyl (C=O) groups excluding carboxylic acids is 1. The summed E-state index contributed by atoms with van der Waals surface area (Å²) in [6.45, 7) is 5.85. The third-order valence-corrected chi connectivity index (χ3v) is 6.35. The van der Waals surface area contributed by atoms with E-state index in [0.29, 0.717) is 0 Å². The molecule has 3 heterocycles. The lowest BCUT2D eigenvalue weighted by Gasteiger charge is -2.35. The van der Waals surface area contributed by atoms with Gasteiger partial charge in [0.05, 0.1) is 21.7 Å². The number of anilines is 1. The zero-order valence-electron chi connectivity index (χ0n) is 18.6. The van der Waals surface area contributed by atoms with Crippen molar-refractivity contribution in [3.63, 3.8) is 0 Å². The molecule has 35 heavy (non-hydrogen) atoms. The Hall–Kier alpha value is -3.25. The zero-order valence-corrected chi connectivity index (χ0v) is 19.3. The van der Waals surface area contributed by atoms with E-state index in [0.717, 1.165) is 12.4 Å². The molecule has 1 atom stereocenters. The van der Waals surface area contributed by atoms with Crippen molar-refractivity contribution in [3.8, 4) is 0 Å². The largest absolute Gasteiger partial charge is 0.431 e. The van der Waals surface area contributed by atoms with Crippen molar-refractivity contribution in [2.24, 2.45) is 5.73 Å². The van der Waals surface area contributed by atoms with E-state index in [2.05, 4.69) is 16.5 Å². The molecule has 1 unspecified atom stereocenters. The first-order chi connectivity index (χ1) is 16.4. The molecule has 2 aromatic rings. The minimum atomic E-state index is -5.05. The molecule has 1 amide bonds. The fourth-order valence-electron chi connectivity index (χ4n) is 4.26. The van der Waals surface area contributed by atoms with E-state index in [4.69, 9.17) is 17.3 Å². The van der Waals surface area contributed by atoms with Crippen molar-refractivity contribution in [3.05, 3.63) is 58.0 Å². The summed E-state index contributed by atoms with van der Waals surface area (Å²) in [4.78, 5) is 36.5. The molecule has 0 bridgehead atoms. The Morgan fingerprint density at radius 3 is 2.51 bits per heavy atom. The summed E-state index contributed by atoms with van der Waals surface area (Å²) in [5.41, 5.74) is 0.806. The van der Waals surface area contributed by atoms with E-state index >= 15 is 4.39 Å². The lowest BCUT2D eigenvalue weighted by molar-refractivity contribution is -0.142. The monoisotopic (exact) mass is 512 g/mol. The van der Waals surface area contributed by atoms with E-state index in [1.165, 1.54) is 19.1 Å². The second-order valence-corrected chi connectivity index (χ2v) is 8.89. The molecule has 1 aliphatic heterocycles. The Kier molecular flexibility index (Phi) is 6.22. The molecular weight excluding hydrogens is 492 g/mol. The number of halogens is 5. The van der Waals surface area contributed by atoms with Crippen LogP contribution in [0, 0.1) is 0 Å². The Morgan fingerprint density at radius 1 is 1.26 bits per heavy atom. The normalized spacial score (nSPS) is 21.4. The molecule has 0 spiro atoms. The van der Waals surface area contributed by atoms with Gasteiger partial charge in [-0.3, -0.25) is 14.2 Å². The van der Waals surface area contributed by atoms with Gasteiger partial charge in [-0.05, 0) is 25.5 Å². The molecule has 0 aromatic carbocycles. The number of amides is 1. The number of alkyl halides is 3. The summed E-state index contributed by atoms with van der Waals surface area (Å²) in [7, 11) is 0. The molecule has 1 aliphatic carbocycles. The van der Waals surface area contributed by atoms with Gasteiger partial charge in [0.2, 0.25) is 5.91 Å². The third kappa shape index (κ3) is 4.31. The molecule has 1 fully saturated rings. The number of hydrogen-bond donors (Lipinski definition) is 1. The Morgan fingerprint density at radius 2 is 1.91 bits per heavy atom. The summed E-state index contributed by atoms with van der Waals surface area (Å²) in [5.74, 6) is -1.38. The number of pyridine rings is 1. The fraction of sp³-hybridized carbons (Fsp3) is 0.364. The first-order valence-electron chi connectivity index (χ1n) is 10.6. The van der Waals surface area contributed by atoms with Crippen LogP contribution < -0.4 is 16.2 Å². The van der Waals surface area contributed by atoms with Gasteiger partial charge in [0.25, 0.3) is 5.56 Å². The topological polar surface area (TPSA) is 97.4 Å². The summed E-state index contributed by atoms with van der Waals surface area (Å²) < 4.78 is 58.0. The number of carbonyl (C=O) groups is 1. The SMILES string of the molecule is C=CC(=O)N1CCN(c2ncnc3c(=O)n(C4=C(F)C(Cl)=CCC4(C)N)c(C(F)(F)F)cc23)CC1. The van der Waals surface area contributed by atoms with Gasteiger partial charge in [-0.15, -0.1) is 0 Å². The lowest BCUT2D eigenvalue weighted by atomic mass is 9.89. The maximum atomic E-state index is 15.1. The van der Waals surface area contributed by atoms with E-state index in [1.807, 2.05) is 0 Å². The van der Waals surface area contributed by atoms with Crippen LogP contribution in [0.5, 0.6) is 0 Å². The van der Waals surface area contributed by atoms with E-state index in [-0.39, 0.29) is 59.8 Å². The zero-order chi connectivity index (χ0) is 25.7. The van der Waals surface area contributed by atoms with Crippen LogP contribution in [0.4, 0.5) is 23.4 Å². The second kappa shape index (κ2) is 8.76. The molecule has 2 N–H and O–H groups in total. The number of fused-ring (bicyclic) bond motifs is 1. The van der Waals surface area contributed by atoms with Gasteiger partial charge < -0.3 is 15.5 Å². The highest BCUT2D eigenvalue weighted by molar-refractivity contribution is 6.32. The Bertz CT molecular complexity index is 1340. The molecular formula is C22H21ClF4N6O2. The maximum absolute atomic E-state index is 15.1. The third-order valence-electron chi connectivity index (χ3n) is 6.03. The molecule has 13 heteroatoms. The summed E-state index contributed by atoms with van der Waals surface area (Å²) in [5, 5.41) is -0.583. The van der Waals surface area contributed by atoms with E-state index < -0.39 is 39.5 Å². The number of nitrogens with two attached hydrogens (primary N) is 1. The van der Waals surface area contributed by atoms with Gasteiger partial charge in [-0.1, -0.05) is 24.3 Å². The van der Waals surface area contributed by atoms with Gasteiger partial charge in [0.1, 0.15) is 23.4 Å². The molecule has 2 aliphatic rings. The number of nitrogens with zero attached hydrogens (tertiary/aromatic N) is 5. The van der Waals surface area contributed by atoms with Gasteiger partial charge in [-0.25, -0.2) is 14.4 Å². The van der Waals surface area contributed by atoms with Crippen molar-refractivity contribution in [2.45, 2.75) is 25.1 Å². The molecule has 0 radical (unpaired) electrons. The highest BCUT2D eigenvalue weighted by Crippen LogP contribution is 2.41. The van der Waals surface area contributed by atoms with Crippen LogP contribution in [-0.4, -0.2) is 57.1 Å². The Labute approximate surface area is 202 Å². The first-order valence-corrected chi connectivity index (χ1v) is 10.9. The average molecular weight is 513 g/mol. The lowest BCUT2D eigenvalue weighted by Crippen LogP contribution is -2.48. The van der Waals surface area contributed by atoms with Crippen LogP contribution in [0.3, 0.4) is 0 Å². The molecule has 2 aromatic heterocycles. The summed E-state index contributed by atoms with van der Waals surface area (Å²) in [6.07, 6.45) is -1.65. The van der Waals surface area contributed by atoms with E-state index in [1.54, 1.807) is 9.80 Å². The van der Waals surface area contributed by atoms with Crippen molar-refractivity contribution in [2.75, 3.05) is 31.1 Å². The highest BCUT2D eigenvalue weighted by Gasteiger charge is 2.42. The van der Waals surface area contributed by atoms with Crippen molar-refractivity contribution in [1.29, 1.82) is 0 Å². The van der Waals surface area contributed by atoms with Crippen molar-refractivity contribution in [1.82, 2.24) is 19.4 Å². The second-order valence-electron chi connectivity index (χ2n) is 8.48. The molecule has 186 valence electrons. The maximum Gasteiger partial charge on any atom is 0.431 e. The fourth-order valence-corrected chi connectivity index (χ4v) is 4.43. The number of rotatable bonds is 3. The average Bonchev–Trinajstić information content (AvgIpc) is 2.81. The number of allylic oxidation sites excluding steroid dienone is 2. The van der Waals surface area contributed by atoms with Crippen LogP contribution in [0.1, 0.15) is 19.0 Å². The summed E-state index contributed by atoms with van der Waals surface area (Å²) >= 11 is 5.86. The van der Waals surface area contributed by atoms with Crippen LogP contribution in [0.25, 0.3) is 16.6 Å². The summed E-state index contributed by atoms with van der Waals surface area (Å²) in [6, 6.07) is 0.718. The highest BCUT2D eigenvalue weighted by atomic mass is 35.5. The number of aromatic nitrogens is 3. The number of hydrogen-bond acceptors (Lipinski definition) is 6. The van der Waals surface area contributed by atoms with Gasteiger partial charge in [-0.2, -0.15) is 13.2 Å². The number of piperazine rings is 1. The molecule has 4 rings (SSSR count). The van der Waals surface area contributed by atoms with Crippen LogP contribution in [-0.2, 0) is 11.0 Å². The minimum Gasteiger partial charge on any atom is -0.352 e. The van der Waals surface area contributed by atoms with Crippen LogP contribution in [0.2, 0.25) is 0 Å². The molecule has 8 nitrogen and oxygen atoms in total. The standard InChI is InChI=1S/C22H21ClF4N6O2/c1-3-15(34)31-6-8-32(9-7-31)19-12-10-14(22(25,26)27)33(20(35)17(12)29-11-30-19)18-16(24)13(23)4-5-21(18,2)28/h3-4,10-11H,1,5-9,28H2,2H3. The van der Waals surface area contributed by atoms with Crippen molar-refractivity contribution >= 4 is 39.9 Å². The minimum absolute atomic E-state index is 0.0842. The predicted octanol–water partition coefficient (Wildman–Crippen LogP) is 3.03. The van der Waals surface area contributed by atoms with Crippen LogP contribution >= 0.6 is 11.6 Å². The Balaban J connectivity index is 1.93. The van der Waals surface area contributed by atoms with Gasteiger partial charge in [0.15, 0.2) is 5.83 Å². The van der Waals surface area contributed by atoms with E-state index in [9.17, 15) is 22.8 Å². The predicted molar refractivity (Wildman–Crippen MR) is 123 cm³/mol.